The Bertz CT molecular complexity index is 1480. The van der Waals surface area contributed by atoms with Crippen LogP contribution in [-0.2, 0) is 42.9 Å². The molecule has 4 aliphatic carbocycles. The van der Waals surface area contributed by atoms with E-state index in [1.54, 1.807) is 19.9 Å². The summed E-state index contributed by atoms with van der Waals surface area (Å²) < 4.78 is 25.0. The Labute approximate surface area is 271 Å². The molecule has 0 amide bonds. The second-order valence-corrected chi connectivity index (χ2v) is 14.1. The van der Waals surface area contributed by atoms with Crippen molar-refractivity contribution >= 4 is 35.7 Å². The molecule has 0 aliphatic heterocycles. The highest BCUT2D eigenvalue weighted by molar-refractivity contribution is 5.88. The number of rotatable bonds is 8. The van der Waals surface area contributed by atoms with Gasteiger partial charge in [-0.15, -0.1) is 0 Å². The maximum Gasteiger partial charge on any atom is 0.331 e. The van der Waals surface area contributed by atoms with Crippen LogP contribution in [0.25, 0.3) is 6.08 Å². The molecular weight excluding hydrogens is 588 g/mol. The average Bonchev–Trinajstić information content (AvgIpc) is 3.26. The highest BCUT2D eigenvalue weighted by atomic mass is 16.6. The number of Topliss-reactive ketones (excluding diaryl/α,β-unsaturated/α-hetero) is 1. The van der Waals surface area contributed by atoms with Crippen molar-refractivity contribution in [1.29, 1.82) is 0 Å². The molecular formula is C37H46O9. The lowest BCUT2D eigenvalue weighted by Gasteiger charge is -2.60. The fourth-order valence-corrected chi connectivity index (χ4v) is 10.3. The van der Waals surface area contributed by atoms with Gasteiger partial charge in [0.05, 0.1) is 5.41 Å². The van der Waals surface area contributed by atoms with E-state index in [4.69, 9.17) is 18.9 Å². The van der Waals surface area contributed by atoms with E-state index in [2.05, 4.69) is 6.58 Å². The molecule has 9 nitrogen and oxygen atoms in total. The van der Waals surface area contributed by atoms with Crippen LogP contribution in [0.2, 0.25) is 0 Å². The fourth-order valence-electron chi connectivity index (χ4n) is 10.3. The number of fused-ring (bicyclic) bond motifs is 1. The lowest BCUT2D eigenvalue weighted by atomic mass is 9.42. The molecule has 4 fully saturated rings. The molecule has 9 atom stereocenters. The molecule has 0 radical (unpaired) electrons. The van der Waals surface area contributed by atoms with Gasteiger partial charge in [0.2, 0.25) is 0 Å². The van der Waals surface area contributed by atoms with E-state index >= 15 is 0 Å². The van der Waals surface area contributed by atoms with Crippen LogP contribution in [0, 0.1) is 33.5 Å². The summed E-state index contributed by atoms with van der Waals surface area (Å²) in [6.45, 7) is 17.2. The number of hydrogen-bond acceptors (Lipinski definition) is 9. The first-order valence-electron chi connectivity index (χ1n) is 16.4. The highest BCUT2D eigenvalue weighted by Gasteiger charge is 2.92. The van der Waals surface area contributed by atoms with Crippen LogP contribution in [-0.4, -0.2) is 54.1 Å². The summed E-state index contributed by atoms with van der Waals surface area (Å²) in [4.78, 5) is 66.6. The lowest BCUT2D eigenvalue weighted by molar-refractivity contribution is -0.196. The van der Waals surface area contributed by atoms with Crippen molar-refractivity contribution in [1.82, 2.24) is 0 Å². The first-order chi connectivity index (χ1) is 21.6. The summed E-state index contributed by atoms with van der Waals surface area (Å²) >= 11 is 0. The summed E-state index contributed by atoms with van der Waals surface area (Å²) in [5, 5.41) is 0. The van der Waals surface area contributed by atoms with Gasteiger partial charge in [-0.25, -0.2) is 4.79 Å². The normalized spacial score (nSPS) is 37.3. The minimum Gasteiger partial charge on any atom is -0.461 e. The second-order valence-electron chi connectivity index (χ2n) is 14.1. The Morgan fingerprint density at radius 1 is 0.913 bits per heavy atom. The van der Waals surface area contributed by atoms with Gasteiger partial charge in [0.1, 0.15) is 30.2 Å². The minimum atomic E-state index is -1.27. The molecule has 0 N–H and O–H groups in total. The first-order valence-corrected chi connectivity index (χ1v) is 16.4. The Morgan fingerprint density at radius 2 is 1.52 bits per heavy atom. The second kappa shape index (κ2) is 11.8. The van der Waals surface area contributed by atoms with Crippen molar-refractivity contribution in [2.45, 2.75) is 105 Å². The SMILES string of the molecule is C=C1[C@@H](OC(=O)/C=C/c2ccccc2)CC[C@@]2(C)[C@@H](OC(=O)CC)[C@H](OC(=O)CC)[C@]34[C@H](C)C(=O)C[C@@H]([C@@H](OC(C)=O)[C@@]132)C4(C)C. The highest BCUT2D eigenvalue weighted by Crippen LogP contribution is 2.86. The van der Waals surface area contributed by atoms with Crippen molar-refractivity contribution in [3.05, 3.63) is 54.1 Å². The van der Waals surface area contributed by atoms with Gasteiger partial charge in [0.25, 0.3) is 0 Å². The predicted molar refractivity (Wildman–Crippen MR) is 169 cm³/mol. The van der Waals surface area contributed by atoms with Crippen LogP contribution in [0.1, 0.15) is 86.1 Å². The van der Waals surface area contributed by atoms with Crippen molar-refractivity contribution in [3.63, 3.8) is 0 Å². The largest absolute Gasteiger partial charge is 0.461 e. The molecule has 0 aromatic heterocycles. The fraction of sp³-hybridized carbons (Fsp3) is 0.595. The quantitative estimate of drug-likeness (QED) is 0.151. The van der Waals surface area contributed by atoms with Gasteiger partial charge in [0.15, 0.2) is 0 Å². The summed E-state index contributed by atoms with van der Waals surface area (Å²) in [6, 6.07) is 9.36. The zero-order valence-corrected chi connectivity index (χ0v) is 27.9. The first kappa shape index (κ1) is 33.6. The zero-order valence-electron chi connectivity index (χ0n) is 27.9. The van der Waals surface area contributed by atoms with Crippen LogP contribution < -0.4 is 0 Å². The van der Waals surface area contributed by atoms with Crippen molar-refractivity contribution in [3.8, 4) is 0 Å². The average molecular weight is 635 g/mol. The molecule has 46 heavy (non-hydrogen) atoms. The number of benzene rings is 1. The molecule has 5 rings (SSSR count). The van der Waals surface area contributed by atoms with E-state index in [0.717, 1.165) is 5.56 Å². The summed E-state index contributed by atoms with van der Waals surface area (Å²) in [5.41, 5.74) is -2.97. The molecule has 0 heterocycles. The number of carbonyl (C=O) groups is 5. The zero-order chi connectivity index (χ0) is 33.8. The van der Waals surface area contributed by atoms with E-state index in [-0.39, 0.29) is 25.0 Å². The Kier molecular flexibility index (Phi) is 8.62. The van der Waals surface area contributed by atoms with Gasteiger partial charge in [-0.1, -0.05) is 78.5 Å². The van der Waals surface area contributed by atoms with Crippen molar-refractivity contribution < 1.29 is 42.9 Å². The third-order valence-electron chi connectivity index (χ3n) is 12.0. The molecule has 2 bridgehead atoms. The van der Waals surface area contributed by atoms with Gasteiger partial charge in [-0.05, 0) is 35.5 Å². The molecule has 9 heteroatoms. The van der Waals surface area contributed by atoms with E-state index < -0.39 is 81.8 Å². The van der Waals surface area contributed by atoms with Crippen molar-refractivity contribution in [2.75, 3.05) is 0 Å². The lowest BCUT2D eigenvalue weighted by Crippen LogP contribution is -2.63. The Balaban J connectivity index is 1.74. The number of hydrogen-bond donors (Lipinski definition) is 0. The molecule has 248 valence electrons. The van der Waals surface area contributed by atoms with E-state index in [1.165, 1.54) is 13.0 Å². The summed E-state index contributed by atoms with van der Waals surface area (Å²) in [6.07, 6.45) is 0.308. The third kappa shape index (κ3) is 4.43. The standard InChI is InChI=1S/C37H46O9/c1-9-28(40)45-32-33(46-29(41)10-2)36-21(3)26(39)20-25(34(36,6)7)31(43-23(5)38)37(36)22(4)27(18-19-35(32,37)8)44-30(42)17-16-24-14-12-11-13-15-24/h11-17,21,25,27,31-33H,4,9-10,18-20H2,1-3,5-8H3/b17-16+/t21-,25+,27+,31-,32+,33+,35+,36+,37-/m1/s1. The van der Waals surface area contributed by atoms with E-state index in [0.29, 0.717) is 18.4 Å². The van der Waals surface area contributed by atoms with Crippen LogP contribution in [0.4, 0.5) is 0 Å². The van der Waals surface area contributed by atoms with Gasteiger partial charge >= 0.3 is 23.9 Å². The monoisotopic (exact) mass is 634 g/mol. The minimum absolute atomic E-state index is 0.0570. The molecule has 1 aromatic carbocycles. The van der Waals surface area contributed by atoms with Gasteiger partial charge in [-0.3, -0.25) is 19.2 Å². The van der Waals surface area contributed by atoms with Gasteiger partial charge in [0, 0.05) is 54.9 Å². The third-order valence-corrected chi connectivity index (χ3v) is 12.0. The van der Waals surface area contributed by atoms with E-state index in [1.807, 2.05) is 58.0 Å². The van der Waals surface area contributed by atoms with Gasteiger partial charge in [-0.2, -0.15) is 0 Å². The van der Waals surface area contributed by atoms with Gasteiger partial charge < -0.3 is 18.9 Å². The molecule has 4 aliphatic rings. The Hall–Kier alpha value is -3.75. The summed E-state index contributed by atoms with van der Waals surface area (Å²) in [5.74, 6) is -3.31. The van der Waals surface area contributed by atoms with Crippen LogP contribution >= 0.6 is 0 Å². The molecule has 4 saturated carbocycles. The Morgan fingerprint density at radius 3 is 2.11 bits per heavy atom. The molecule has 1 aromatic rings. The van der Waals surface area contributed by atoms with Crippen LogP contribution in [0.5, 0.6) is 0 Å². The molecule has 2 spiro atoms. The van der Waals surface area contributed by atoms with Crippen LogP contribution in [0.15, 0.2) is 48.6 Å². The predicted octanol–water partition coefficient (Wildman–Crippen LogP) is 5.79. The van der Waals surface area contributed by atoms with E-state index in [9.17, 15) is 24.0 Å². The number of esters is 4. The maximum absolute atomic E-state index is 14.0. The van der Waals surface area contributed by atoms with Crippen LogP contribution in [0.3, 0.4) is 0 Å². The maximum atomic E-state index is 14.0. The number of ketones is 1. The van der Waals surface area contributed by atoms with Crippen molar-refractivity contribution in [2.24, 2.45) is 33.5 Å². The topological polar surface area (TPSA) is 122 Å². The molecule has 0 saturated heterocycles. The smallest absolute Gasteiger partial charge is 0.331 e. The molecule has 0 unspecified atom stereocenters. The summed E-state index contributed by atoms with van der Waals surface area (Å²) in [7, 11) is 0. The number of ether oxygens (including phenoxy) is 4. The number of carbonyl (C=O) groups excluding carboxylic acids is 5.